The maximum atomic E-state index is 13.3. The van der Waals surface area contributed by atoms with Gasteiger partial charge in [0.15, 0.2) is 0 Å². The van der Waals surface area contributed by atoms with E-state index >= 15 is 0 Å². The van der Waals surface area contributed by atoms with E-state index in [1.54, 1.807) is 13.0 Å². The summed E-state index contributed by atoms with van der Waals surface area (Å²) < 4.78 is 13.3. The number of hydrogen-bond acceptors (Lipinski definition) is 2. The Morgan fingerprint density at radius 2 is 2.35 bits per heavy atom. The Morgan fingerprint density at radius 3 is 2.94 bits per heavy atom. The molecule has 1 aromatic carbocycles. The van der Waals surface area contributed by atoms with Gasteiger partial charge in [-0.1, -0.05) is 17.7 Å². The van der Waals surface area contributed by atoms with Gasteiger partial charge in [0.2, 0.25) is 5.91 Å². The van der Waals surface area contributed by atoms with Crippen molar-refractivity contribution in [3.63, 3.8) is 0 Å². The van der Waals surface area contributed by atoms with Crippen LogP contribution in [0.2, 0.25) is 5.02 Å². The van der Waals surface area contributed by atoms with Crippen molar-refractivity contribution < 1.29 is 14.3 Å². The van der Waals surface area contributed by atoms with E-state index in [4.69, 9.17) is 16.7 Å². The molecule has 92 valence electrons. The van der Waals surface area contributed by atoms with E-state index < -0.39 is 11.7 Å². The smallest absolute Gasteiger partial charge is 0.244 e. The maximum absolute atomic E-state index is 13.3. The SMILES string of the molecule is CC(CO)NC(=O)/C=C/c1c(F)cccc1Cl. The predicted molar refractivity (Wildman–Crippen MR) is 65.1 cm³/mol. The molecule has 17 heavy (non-hydrogen) atoms. The molecule has 3 nitrogen and oxygen atoms in total. The van der Waals surface area contributed by atoms with Crippen LogP contribution in [0, 0.1) is 5.82 Å². The Balaban J connectivity index is 2.74. The Morgan fingerprint density at radius 1 is 1.65 bits per heavy atom. The zero-order valence-corrected chi connectivity index (χ0v) is 10.0. The molecule has 1 unspecified atom stereocenters. The first-order valence-electron chi connectivity index (χ1n) is 5.08. The molecule has 0 aliphatic carbocycles. The van der Waals surface area contributed by atoms with Crippen LogP contribution in [0.5, 0.6) is 0 Å². The highest BCUT2D eigenvalue weighted by Gasteiger charge is 2.05. The van der Waals surface area contributed by atoms with E-state index in [-0.39, 0.29) is 23.2 Å². The molecule has 2 N–H and O–H groups in total. The summed E-state index contributed by atoms with van der Waals surface area (Å²) in [4.78, 5) is 11.3. The Hall–Kier alpha value is -1.39. The highest BCUT2D eigenvalue weighted by molar-refractivity contribution is 6.32. The molecule has 0 spiro atoms. The van der Waals surface area contributed by atoms with Crippen molar-refractivity contribution >= 4 is 23.6 Å². The van der Waals surface area contributed by atoms with Crippen molar-refractivity contribution in [1.82, 2.24) is 5.32 Å². The lowest BCUT2D eigenvalue weighted by atomic mass is 10.2. The Bertz CT molecular complexity index is 414. The molecule has 0 bridgehead atoms. The lowest BCUT2D eigenvalue weighted by molar-refractivity contribution is -0.117. The zero-order valence-electron chi connectivity index (χ0n) is 9.28. The number of halogens is 2. The van der Waals surface area contributed by atoms with Crippen molar-refractivity contribution in [2.45, 2.75) is 13.0 Å². The monoisotopic (exact) mass is 257 g/mol. The van der Waals surface area contributed by atoms with Crippen LogP contribution in [-0.4, -0.2) is 23.7 Å². The van der Waals surface area contributed by atoms with E-state index in [9.17, 15) is 9.18 Å². The van der Waals surface area contributed by atoms with Crippen molar-refractivity contribution in [3.05, 3.63) is 40.7 Å². The summed E-state index contributed by atoms with van der Waals surface area (Å²) in [5.74, 6) is -0.900. The van der Waals surface area contributed by atoms with Gasteiger partial charge in [0, 0.05) is 17.7 Å². The third kappa shape index (κ3) is 4.17. The third-order valence-corrected chi connectivity index (χ3v) is 2.39. The van der Waals surface area contributed by atoms with Crippen molar-refractivity contribution in [2.75, 3.05) is 6.61 Å². The quantitative estimate of drug-likeness (QED) is 0.811. The number of aliphatic hydroxyl groups is 1. The minimum atomic E-state index is -0.489. The summed E-state index contributed by atoms with van der Waals surface area (Å²) in [6.07, 6.45) is 2.48. The van der Waals surface area contributed by atoms with Gasteiger partial charge in [0.1, 0.15) is 5.82 Å². The summed E-state index contributed by atoms with van der Waals surface area (Å²) in [6.45, 7) is 1.50. The average molecular weight is 258 g/mol. The van der Waals surface area contributed by atoms with E-state index in [1.165, 1.54) is 24.3 Å². The molecule has 5 heteroatoms. The number of nitrogens with one attached hydrogen (secondary N) is 1. The molecule has 1 atom stereocenters. The standard InChI is InChI=1S/C12H13ClFNO2/c1-8(7-16)15-12(17)6-5-9-10(13)3-2-4-11(9)14/h2-6,8,16H,7H2,1H3,(H,15,17)/b6-5+. The van der Waals surface area contributed by atoms with Crippen LogP contribution in [0.4, 0.5) is 4.39 Å². The number of amides is 1. The molecule has 0 saturated carbocycles. The van der Waals surface area contributed by atoms with Crippen LogP contribution in [0.25, 0.3) is 6.08 Å². The molecule has 0 aromatic heterocycles. The zero-order chi connectivity index (χ0) is 12.8. The molecular weight excluding hydrogens is 245 g/mol. The molecule has 0 aliphatic heterocycles. The van der Waals surface area contributed by atoms with Gasteiger partial charge >= 0.3 is 0 Å². The van der Waals surface area contributed by atoms with Crippen LogP contribution in [0.3, 0.4) is 0 Å². The molecule has 0 saturated heterocycles. The van der Waals surface area contributed by atoms with E-state index in [2.05, 4.69) is 5.32 Å². The Labute approximate surface area is 104 Å². The number of aliphatic hydroxyl groups excluding tert-OH is 1. The fourth-order valence-electron chi connectivity index (χ4n) is 1.17. The first kappa shape index (κ1) is 13.7. The molecule has 0 radical (unpaired) electrons. The molecule has 1 aromatic rings. The van der Waals surface area contributed by atoms with Crippen molar-refractivity contribution in [1.29, 1.82) is 0 Å². The average Bonchev–Trinajstić information content (AvgIpc) is 2.28. The van der Waals surface area contributed by atoms with Gasteiger partial charge in [0.25, 0.3) is 0 Å². The van der Waals surface area contributed by atoms with Crippen LogP contribution in [-0.2, 0) is 4.79 Å². The number of hydrogen-bond donors (Lipinski definition) is 2. The van der Waals surface area contributed by atoms with E-state index in [0.29, 0.717) is 0 Å². The van der Waals surface area contributed by atoms with Crippen LogP contribution >= 0.6 is 11.6 Å². The summed E-state index contributed by atoms with van der Waals surface area (Å²) in [6, 6.07) is 3.95. The molecule has 1 amide bonds. The summed E-state index contributed by atoms with van der Waals surface area (Å²) in [5, 5.41) is 11.5. The number of benzene rings is 1. The van der Waals surface area contributed by atoms with Crippen LogP contribution in [0.1, 0.15) is 12.5 Å². The molecular formula is C12H13ClFNO2. The largest absolute Gasteiger partial charge is 0.394 e. The highest BCUT2D eigenvalue weighted by atomic mass is 35.5. The molecule has 0 heterocycles. The number of carbonyl (C=O) groups excluding carboxylic acids is 1. The van der Waals surface area contributed by atoms with Crippen LogP contribution in [0.15, 0.2) is 24.3 Å². The van der Waals surface area contributed by atoms with Crippen molar-refractivity contribution in [3.8, 4) is 0 Å². The van der Waals surface area contributed by atoms with Gasteiger partial charge in [-0.2, -0.15) is 0 Å². The highest BCUT2D eigenvalue weighted by Crippen LogP contribution is 2.20. The van der Waals surface area contributed by atoms with Gasteiger partial charge < -0.3 is 10.4 Å². The van der Waals surface area contributed by atoms with Gasteiger partial charge in [-0.3, -0.25) is 4.79 Å². The first-order chi connectivity index (χ1) is 8.04. The van der Waals surface area contributed by atoms with Gasteiger partial charge in [-0.05, 0) is 25.1 Å². The summed E-state index contributed by atoms with van der Waals surface area (Å²) in [7, 11) is 0. The van der Waals surface area contributed by atoms with Crippen molar-refractivity contribution in [2.24, 2.45) is 0 Å². The molecule has 0 aliphatic rings. The lowest BCUT2D eigenvalue weighted by Gasteiger charge is -2.07. The van der Waals surface area contributed by atoms with Crippen LogP contribution < -0.4 is 5.32 Å². The van der Waals surface area contributed by atoms with E-state index in [0.717, 1.165) is 0 Å². The second-order valence-corrected chi connectivity index (χ2v) is 3.97. The van der Waals surface area contributed by atoms with Gasteiger partial charge in [0.05, 0.1) is 11.6 Å². The number of carbonyl (C=O) groups is 1. The van der Waals surface area contributed by atoms with Gasteiger partial charge in [-0.15, -0.1) is 0 Å². The fraction of sp³-hybridized carbons (Fsp3) is 0.250. The first-order valence-corrected chi connectivity index (χ1v) is 5.46. The summed E-state index contributed by atoms with van der Waals surface area (Å²) in [5.41, 5.74) is 0.168. The molecule has 1 rings (SSSR count). The summed E-state index contributed by atoms with van der Waals surface area (Å²) >= 11 is 5.78. The lowest BCUT2D eigenvalue weighted by Crippen LogP contribution is -2.33. The minimum absolute atomic E-state index is 0.153. The second kappa shape index (κ2) is 6.37. The minimum Gasteiger partial charge on any atom is -0.394 e. The van der Waals surface area contributed by atoms with Gasteiger partial charge in [-0.25, -0.2) is 4.39 Å². The fourth-order valence-corrected chi connectivity index (χ4v) is 1.39. The van der Waals surface area contributed by atoms with E-state index in [1.807, 2.05) is 0 Å². The predicted octanol–water partition coefficient (Wildman–Crippen LogP) is 1.99. The molecule has 0 fully saturated rings. The number of rotatable bonds is 4. The third-order valence-electron chi connectivity index (χ3n) is 2.06. The normalized spacial score (nSPS) is 12.7. The topological polar surface area (TPSA) is 49.3 Å². The maximum Gasteiger partial charge on any atom is 0.244 e. The second-order valence-electron chi connectivity index (χ2n) is 3.56. The Kier molecular flexibility index (Phi) is 5.12.